The molecule has 21 heavy (non-hydrogen) atoms. The Morgan fingerprint density at radius 1 is 1.05 bits per heavy atom. The third-order valence-corrected chi connectivity index (χ3v) is 3.25. The highest BCUT2D eigenvalue weighted by molar-refractivity contribution is 5.69. The normalized spacial score (nSPS) is 13.1. The average Bonchev–Trinajstić information content (AvgIpc) is 2.48. The zero-order chi connectivity index (χ0) is 15.2. The molecule has 0 amide bonds. The van der Waals surface area contributed by atoms with E-state index < -0.39 is 11.6 Å². The first-order chi connectivity index (χ1) is 10.2. The maximum absolute atomic E-state index is 13.8. The van der Waals surface area contributed by atoms with Gasteiger partial charge in [0.15, 0.2) is 0 Å². The maximum atomic E-state index is 13.8. The second-order valence-corrected chi connectivity index (χ2v) is 4.87. The Kier molecular flexibility index (Phi) is 5.42. The number of benzene rings is 2. The van der Waals surface area contributed by atoms with Crippen molar-refractivity contribution in [2.45, 2.75) is 13.0 Å². The highest BCUT2D eigenvalue weighted by Gasteiger charge is 2.16. The van der Waals surface area contributed by atoms with E-state index in [1.807, 2.05) is 32.3 Å². The molecule has 0 bridgehead atoms. The van der Waals surface area contributed by atoms with E-state index in [-0.39, 0.29) is 0 Å². The van der Waals surface area contributed by atoms with Crippen molar-refractivity contribution in [1.82, 2.24) is 5.32 Å². The van der Waals surface area contributed by atoms with E-state index in [0.717, 1.165) is 29.2 Å². The molecule has 4 heteroatoms. The average molecular weight is 291 g/mol. The molecule has 112 valence electrons. The van der Waals surface area contributed by atoms with Crippen LogP contribution in [0.3, 0.4) is 0 Å². The number of rotatable bonds is 1. The summed E-state index contributed by atoms with van der Waals surface area (Å²) in [7, 11) is 3.75. The first-order valence-electron chi connectivity index (χ1n) is 6.89. The van der Waals surface area contributed by atoms with Gasteiger partial charge in [-0.15, -0.1) is 0 Å². The molecule has 2 aromatic carbocycles. The van der Waals surface area contributed by atoms with Crippen LogP contribution in [0.5, 0.6) is 0 Å². The maximum Gasteiger partial charge on any atom is 0.133 e. The molecule has 2 aromatic rings. The van der Waals surface area contributed by atoms with Crippen molar-refractivity contribution in [3.8, 4) is 11.1 Å². The van der Waals surface area contributed by atoms with Gasteiger partial charge in [-0.1, -0.05) is 18.2 Å². The predicted octanol–water partition coefficient (Wildman–Crippen LogP) is 3.54. The van der Waals surface area contributed by atoms with E-state index in [0.29, 0.717) is 18.8 Å². The van der Waals surface area contributed by atoms with Crippen LogP contribution >= 0.6 is 0 Å². The van der Waals surface area contributed by atoms with Crippen LogP contribution in [0.1, 0.15) is 11.1 Å². The van der Waals surface area contributed by atoms with Gasteiger partial charge in [-0.2, -0.15) is 0 Å². The van der Waals surface area contributed by atoms with Crippen molar-refractivity contribution in [3.63, 3.8) is 0 Å². The zero-order valence-corrected chi connectivity index (χ0v) is 12.2. The van der Waals surface area contributed by atoms with Crippen LogP contribution in [-0.4, -0.2) is 20.7 Å². The molecule has 0 aliphatic carbocycles. The van der Waals surface area contributed by atoms with Gasteiger partial charge >= 0.3 is 0 Å². The topological polar surface area (TPSA) is 21.3 Å². The summed E-state index contributed by atoms with van der Waals surface area (Å²) in [6.07, 6.45) is 0.766. The second kappa shape index (κ2) is 7.29. The van der Waals surface area contributed by atoms with Crippen molar-refractivity contribution in [1.29, 1.82) is 0 Å². The van der Waals surface area contributed by atoms with Crippen LogP contribution < -0.4 is 5.32 Å². The minimum absolute atomic E-state index is 0.454. The summed E-state index contributed by atoms with van der Waals surface area (Å²) in [6, 6.07) is 9.45. The van der Waals surface area contributed by atoms with Gasteiger partial charge in [0, 0.05) is 11.6 Å². The van der Waals surface area contributed by atoms with Crippen LogP contribution in [0.4, 0.5) is 8.78 Å². The first kappa shape index (κ1) is 15.6. The van der Waals surface area contributed by atoms with Crippen molar-refractivity contribution >= 4 is 0 Å². The first-order valence-corrected chi connectivity index (χ1v) is 6.89. The Bertz CT molecular complexity index is 614. The van der Waals surface area contributed by atoms with Gasteiger partial charge in [-0.3, -0.25) is 0 Å². The van der Waals surface area contributed by atoms with Gasteiger partial charge in [-0.05, 0) is 49.3 Å². The smallest absolute Gasteiger partial charge is 0.133 e. The molecule has 0 fully saturated rings. The van der Waals surface area contributed by atoms with E-state index in [4.69, 9.17) is 4.74 Å². The lowest BCUT2D eigenvalue weighted by Gasteiger charge is -2.20. The fourth-order valence-corrected chi connectivity index (χ4v) is 2.38. The van der Waals surface area contributed by atoms with E-state index in [1.165, 1.54) is 12.1 Å². The standard InChI is InChI=1S/C15H12F2O.C2H7N/c16-11-4-5-14(15(17)8-11)13-3-1-2-10-9-18-7-6-12(10)13;1-3-2/h1-5,8H,6-7,9H2;3H,1-2H3. The van der Waals surface area contributed by atoms with Crippen molar-refractivity contribution in [2.75, 3.05) is 20.7 Å². The Hall–Kier alpha value is -1.78. The van der Waals surface area contributed by atoms with Crippen LogP contribution in [-0.2, 0) is 17.8 Å². The zero-order valence-electron chi connectivity index (χ0n) is 12.2. The van der Waals surface area contributed by atoms with Gasteiger partial charge < -0.3 is 10.1 Å². The molecule has 1 aliphatic heterocycles. The van der Waals surface area contributed by atoms with Gasteiger partial charge in [0.05, 0.1) is 13.2 Å². The number of fused-ring (bicyclic) bond motifs is 1. The van der Waals surface area contributed by atoms with E-state index in [2.05, 4.69) is 5.32 Å². The minimum atomic E-state index is -0.551. The molecule has 0 saturated heterocycles. The molecule has 2 nitrogen and oxygen atoms in total. The molecular weight excluding hydrogens is 272 g/mol. The lowest BCUT2D eigenvalue weighted by Crippen LogP contribution is -2.11. The molecule has 0 spiro atoms. The van der Waals surface area contributed by atoms with Crippen LogP contribution in [0.15, 0.2) is 36.4 Å². The highest BCUT2D eigenvalue weighted by Crippen LogP contribution is 2.31. The number of nitrogens with one attached hydrogen (secondary N) is 1. The predicted molar refractivity (Wildman–Crippen MR) is 80.1 cm³/mol. The summed E-state index contributed by atoms with van der Waals surface area (Å²) in [5.74, 6) is -1.07. The highest BCUT2D eigenvalue weighted by atomic mass is 19.1. The van der Waals surface area contributed by atoms with Crippen molar-refractivity contribution < 1.29 is 13.5 Å². The Labute approximate surface area is 123 Å². The monoisotopic (exact) mass is 291 g/mol. The van der Waals surface area contributed by atoms with E-state index in [1.54, 1.807) is 0 Å². The molecule has 0 aromatic heterocycles. The fourth-order valence-electron chi connectivity index (χ4n) is 2.38. The van der Waals surface area contributed by atoms with Crippen LogP contribution in [0.25, 0.3) is 11.1 Å². The third-order valence-electron chi connectivity index (χ3n) is 3.25. The Morgan fingerprint density at radius 3 is 2.52 bits per heavy atom. The van der Waals surface area contributed by atoms with E-state index >= 15 is 0 Å². The molecular formula is C17H19F2NO. The van der Waals surface area contributed by atoms with Crippen LogP contribution in [0.2, 0.25) is 0 Å². The van der Waals surface area contributed by atoms with Gasteiger partial charge in [0.25, 0.3) is 0 Å². The molecule has 1 aliphatic rings. The third kappa shape index (κ3) is 3.65. The SMILES string of the molecule is CNC.Fc1ccc(-c2cccc3c2CCOC3)c(F)c1. The molecule has 0 saturated carbocycles. The number of ether oxygens (including phenoxy) is 1. The summed E-state index contributed by atoms with van der Waals surface area (Å²) in [6.45, 7) is 1.21. The molecule has 1 N–H and O–H groups in total. The lowest BCUT2D eigenvalue weighted by molar-refractivity contribution is 0.111. The number of halogens is 2. The van der Waals surface area contributed by atoms with Crippen LogP contribution in [0, 0.1) is 11.6 Å². The Morgan fingerprint density at radius 2 is 1.81 bits per heavy atom. The fraction of sp³-hybridized carbons (Fsp3) is 0.294. The molecule has 1 heterocycles. The molecule has 0 atom stereocenters. The quantitative estimate of drug-likeness (QED) is 0.867. The largest absolute Gasteiger partial charge is 0.376 e. The van der Waals surface area contributed by atoms with E-state index in [9.17, 15) is 8.78 Å². The summed E-state index contributed by atoms with van der Waals surface area (Å²) in [5.41, 5.74) is 3.49. The van der Waals surface area contributed by atoms with Gasteiger partial charge in [-0.25, -0.2) is 8.78 Å². The summed E-state index contributed by atoms with van der Waals surface area (Å²) in [4.78, 5) is 0. The number of hydrogen-bond acceptors (Lipinski definition) is 2. The van der Waals surface area contributed by atoms with Gasteiger partial charge in [0.2, 0.25) is 0 Å². The van der Waals surface area contributed by atoms with Crippen molar-refractivity contribution in [3.05, 3.63) is 59.2 Å². The minimum Gasteiger partial charge on any atom is -0.376 e. The Balaban J connectivity index is 0.000000497. The molecule has 0 unspecified atom stereocenters. The number of hydrogen-bond donors (Lipinski definition) is 1. The lowest BCUT2D eigenvalue weighted by atomic mass is 9.92. The summed E-state index contributed by atoms with van der Waals surface area (Å²) < 4.78 is 32.2. The van der Waals surface area contributed by atoms with Crippen molar-refractivity contribution in [2.24, 2.45) is 0 Å². The molecule has 3 rings (SSSR count). The summed E-state index contributed by atoms with van der Waals surface area (Å²) in [5, 5.41) is 2.75. The summed E-state index contributed by atoms with van der Waals surface area (Å²) >= 11 is 0. The second-order valence-electron chi connectivity index (χ2n) is 4.87. The van der Waals surface area contributed by atoms with Gasteiger partial charge in [0.1, 0.15) is 11.6 Å². The molecule has 0 radical (unpaired) electrons.